The zero-order chi connectivity index (χ0) is 17.7. The molecule has 2 aromatic carbocycles. The van der Waals surface area contributed by atoms with Gasteiger partial charge in [-0.05, 0) is 67.0 Å². The van der Waals surface area contributed by atoms with Crippen molar-refractivity contribution in [3.05, 3.63) is 70.0 Å². The normalized spacial score (nSPS) is 13.1. The highest BCUT2D eigenvalue weighted by atomic mass is 35.5. The lowest BCUT2D eigenvalue weighted by Crippen LogP contribution is -2.05. The summed E-state index contributed by atoms with van der Waals surface area (Å²) in [5.74, 6) is -0.00751. The Balaban J connectivity index is 1.80. The topological polar surface area (TPSA) is 0 Å². The zero-order valence-electron chi connectivity index (χ0n) is 13.3. The highest BCUT2D eigenvalue weighted by molar-refractivity contribution is 6.30. The SMILES string of the molecule is C[C@@H](CCc1ccc(C(F)(F)F)cc1)CCc1ccc(F)c(Cl)c1. The molecule has 0 fully saturated rings. The summed E-state index contributed by atoms with van der Waals surface area (Å²) in [5.41, 5.74) is 1.27. The second kappa shape index (κ2) is 8.02. The van der Waals surface area contributed by atoms with Crippen molar-refractivity contribution in [3.8, 4) is 0 Å². The first-order valence-electron chi connectivity index (χ1n) is 7.86. The summed E-state index contributed by atoms with van der Waals surface area (Å²) in [6, 6.07) is 10.1. The Bertz CT molecular complexity index is 662. The van der Waals surface area contributed by atoms with E-state index in [1.54, 1.807) is 12.1 Å². The molecule has 0 saturated heterocycles. The number of halogens is 5. The fourth-order valence-corrected chi connectivity index (χ4v) is 2.73. The molecule has 0 aromatic heterocycles. The van der Waals surface area contributed by atoms with Crippen molar-refractivity contribution in [2.75, 3.05) is 0 Å². The molecule has 0 spiro atoms. The van der Waals surface area contributed by atoms with Crippen LogP contribution in [0.5, 0.6) is 0 Å². The molecular formula is C19H19ClF4. The first kappa shape index (κ1) is 18.8. The van der Waals surface area contributed by atoms with Crippen LogP contribution < -0.4 is 0 Å². The fraction of sp³-hybridized carbons (Fsp3) is 0.368. The van der Waals surface area contributed by atoms with Gasteiger partial charge in [0.15, 0.2) is 0 Å². The Morgan fingerprint density at radius 3 is 2.00 bits per heavy atom. The molecule has 0 bridgehead atoms. The molecular weight excluding hydrogens is 340 g/mol. The third-order valence-electron chi connectivity index (χ3n) is 4.12. The van der Waals surface area contributed by atoms with E-state index in [2.05, 4.69) is 6.92 Å². The van der Waals surface area contributed by atoms with Crippen LogP contribution in [0, 0.1) is 11.7 Å². The van der Waals surface area contributed by atoms with Gasteiger partial charge < -0.3 is 0 Å². The second-order valence-corrected chi connectivity index (χ2v) is 6.53. The Labute approximate surface area is 144 Å². The van der Waals surface area contributed by atoms with Crippen LogP contribution in [0.25, 0.3) is 0 Å². The molecule has 130 valence electrons. The van der Waals surface area contributed by atoms with Crippen molar-refractivity contribution in [2.45, 2.75) is 38.8 Å². The molecule has 2 rings (SSSR count). The first-order valence-corrected chi connectivity index (χ1v) is 8.23. The third-order valence-corrected chi connectivity index (χ3v) is 4.41. The summed E-state index contributed by atoms with van der Waals surface area (Å²) in [7, 11) is 0. The number of hydrogen-bond donors (Lipinski definition) is 0. The molecule has 24 heavy (non-hydrogen) atoms. The summed E-state index contributed by atoms with van der Waals surface area (Å²) >= 11 is 5.76. The van der Waals surface area contributed by atoms with Gasteiger partial charge in [-0.1, -0.05) is 36.7 Å². The molecule has 0 heterocycles. The van der Waals surface area contributed by atoms with Gasteiger partial charge in [0, 0.05) is 0 Å². The van der Waals surface area contributed by atoms with Gasteiger partial charge in [-0.2, -0.15) is 13.2 Å². The standard InChI is InChI=1S/C19H19ClF4/c1-13(3-5-15-8-11-18(21)17(20)12-15)2-4-14-6-9-16(10-7-14)19(22,23)24/h6-13H,2-5H2,1H3/t13-/m0/s1. The quantitative estimate of drug-likeness (QED) is 0.504. The van der Waals surface area contributed by atoms with Gasteiger partial charge >= 0.3 is 6.18 Å². The molecule has 1 atom stereocenters. The predicted molar refractivity (Wildman–Crippen MR) is 88.7 cm³/mol. The molecule has 2 aromatic rings. The van der Waals surface area contributed by atoms with E-state index in [0.717, 1.165) is 48.9 Å². The van der Waals surface area contributed by atoms with Gasteiger partial charge in [-0.3, -0.25) is 0 Å². The van der Waals surface area contributed by atoms with Gasteiger partial charge in [-0.25, -0.2) is 4.39 Å². The van der Waals surface area contributed by atoms with Crippen molar-refractivity contribution < 1.29 is 17.6 Å². The van der Waals surface area contributed by atoms with E-state index >= 15 is 0 Å². The Morgan fingerprint density at radius 1 is 0.917 bits per heavy atom. The molecule has 0 aliphatic rings. The van der Waals surface area contributed by atoms with Gasteiger partial charge in [0.25, 0.3) is 0 Å². The maximum Gasteiger partial charge on any atom is 0.416 e. The van der Waals surface area contributed by atoms with Crippen LogP contribution in [0.1, 0.15) is 36.5 Å². The van der Waals surface area contributed by atoms with Crippen molar-refractivity contribution in [2.24, 2.45) is 5.92 Å². The van der Waals surface area contributed by atoms with Crippen molar-refractivity contribution in [1.82, 2.24) is 0 Å². The van der Waals surface area contributed by atoms with Crippen molar-refractivity contribution in [3.63, 3.8) is 0 Å². The van der Waals surface area contributed by atoms with Crippen LogP contribution in [0.4, 0.5) is 17.6 Å². The van der Waals surface area contributed by atoms with Gasteiger partial charge in [0.1, 0.15) is 5.82 Å². The van der Waals surface area contributed by atoms with E-state index in [9.17, 15) is 17.6 Å². The van der Waals surface area contributed by atoms with Crippen LogP contribution in [-0.4, -0.2) is 0 Å². The predicted octanol–water partition coefficient (Wildman–Crippen LogP) is 6.70. The molecule has 0 unspecified atom stereocenters. The third kappa shape index (κ3) is 5.52. The lowest BCUT2D eigenvalue weighted by molar-refractivity contribution is -0.137. The maximum absolute atomic E-state index is 13.1. The average molecular weight is 359 g/mol. The van der Waals surface area contributed by atoms with Gasteiger partial charge in [-0.15, -0.1) is 0 Å². The molecule has 0 N–H and O–H groups in total. The van der Waals surface area contributed by atoms with E-state index in [0.29, 0.717) is 5.92 Å². The van der Waals surface area contributed by atoms with Gasteiger partial charge in [0.2, 0.25) is 0 Å². The minimum Gasteiger partial charge on any atom is -0.205 e. The summed E-state index contributed by atoms with van der Waals surface area (Å²) in [5, 5.41) is 0.130. The van der Waals surface area contributed by atoms with E-state index in [4.69, 9.17) is 11.6 Å². The Hall–Kier alpha value is -1.55. The highest BCUT2D eigenvalue weighted by Gasteiger charge is 2.29. The fourth-order valence-electron chi connectivity index (χ4n) is 2.53. The molecule has 5 heteroatoms. The molecule has 0 aliphatic heterocycles. The molecule has 0 aliphatic carbocycles. The lowest BCUT2D eigenvalue weighted by atomic mass is 9.94. The van der Waals surface area contributed by atoms with Crippen LogP contribution in [0.2, 0.25) is 5.02 Å². The number of benzene rings is 2. The second-order valence-electron chi connectivity index (χ2n) is 6.13. The number of rotatable bonds is 6. The van der Waals surface area contributed by atoms with E-state index in [1.165, 1.54) is 18.2 Å². The van der Waals surface area contributed by atoms with Crippen molar-refractivity contribution >= 4 is 11.6 Å². The van der Waals surface area contributed by atoms with E-state index in [-0.39, 0.29) is 5.02 Å². The van der Waals surface area contributed by atoms with Crippen LogP contribution >= 0.6 is 11.6 Å². The minimum absolute atomic E-state index is 0.130. The molecule has 0 saturated carbocycles. The summed E-state index contributed by atoms with van der Waals surface area (Å²) < 4.78 is 50.7. The smallest absolute Gasteiger partial charge is 0.205 e. The monoisotopic (exact) mass is 358 g/mol. The lowest BCUT2D eigenvalue weighted by Gasteiger charge is -2.12. The molecule has 0 amide bonds. The Morgan fingerprint density at radius 2 is 1.46 bits per heavy atom. The van der Waals surface area contributed by atoms with E-state index < -0.39 is 17.6 Å². The van der Waals surface area contributed by atoms with Crippen molar-refractivity contribution in [1.29, 1.82) is 0 Å². The largest absolute Gasteiger partial charge is 0.416 e. The highest BCUT2D eigenvalue weighted by Crippen LogP contribution is 2.29. The summed E-state index contributed by atoms with van der Waals surface area (Å²) in [4.78, 5) is 0. The minimum atomic E-state index is -4.29. The summed E-state index contributed by atoms with van der Waals surface area (Å²) in [6.45, 7) is 2.11. The number of hydrogen-bond acceptors (Lipinski definition) is 0. The van der Waals surface area contributed by atoms with Gasteiger partial charge in [0.05, 0.1) is 10.6 Å². The van der Waals surface area contributed by atoms with E-state index in [1.807, 2.05) is 0 Å². The number of aryl methyl sites for hydroxylation is 2. The molecule has 0 radical (unpaired) electrons. The first-order chi connectivity index (χ1) is 11.3. The van der Waals surface area contributed by atoms with Crippen LogP contribution in [0.15, 0.2) is 42.5 Å². The summed E-state index contributed by atoms with van der Waals surface area (Å²) in [6.07, 6.45) is -0.942. The molecule has 0 nitrogen and oxygen atoms in total. The van der Waals surface area contributed by atoms with Crippen LogP contribution in [0.3, 0.4) is 0 Å². The number of alkyl halides is 3. The zero-order valence-corrected chi connectivity index (χ0v) is 14.1. The van der Waals surface area contributed by atoms with Crippen LogP contribution in [-0.2, 0) is 19.0 Å². The Kier molecular flexibility index (Phi) is 6.27. The maximum atomic E-state index is 13.1. The average Bonchev–Trinajstić information content (AvgIpc) is 2.53.